The van der Waals surface area contributed by atoms with Crippen molar-refractivity contribution in [3.63, 3.8) is 0 Å². The third kappa shape index (κ3) is 4.23. The second kappa shape index (κ2) is 4.35. The minimum absolute atomic E-state index is 0.440. The minimum Gasteiger partial charge on any atom is -0.465 e. The number of rotatable bonds is 2. The van der Waals surface area contributed by atoms with Gasteiger partial charge in [-0.3, -0.25) is 0 Å². The minimum atomic E-state index is -1.39. The van der Waals surface area contributed by atoms with Crippen LogP contribution >= 0.6 is 0 Å². The zero-order valence-electron chi connectivity index (χ0n) is 7.66. The first kappa shape index (κ1) is 11.3. The molecule has 0 radical (unpaired) electrons. The number of methoxy groups -OCH3 is 1. The van der Waals surface area contributed by atoms with Crippen LogP contribution in [0.2, 0.25) is 0 Å². The van der Waals surface area contributed by atoms with Gasteiger partial charge in [0.1, 0.15) is 17.2 Å². The molecule has 0 unspecified atom stereocenters. The predicted molar refractivity (Wildman–Crippen MR) is 48.4 cm³/mol. The van der Waals surface area contributed by atoms with Gasteiger partial charge in [0, 0.05) is 0 Å². The lowest BCUT2D eigenvalue weighted by Crippen LogP contribution is -2.20. The number of hydrogen-bond acceptors (Lipinski definition) is 3. The molecule has 0 aromatic heterocycles. The molecule has 5 heteroatoms. The van der Waals surface area contributed by atoms with Crippen molar-refractivity contribution in [3.05, 3.63) is 0 Å². The van der Waals surface area contributed by atoms with Gasteiger partial charge in [0.05, 0.1) is 11.9 Å². The normalized spacial score (nSPS) is 14.7. The van der Waals surface area contributed by atoms with Crippen molar-refractivity contribution < 1.29 is 13.7 Å². The number of nitrogens with zero attached hydrogens (tertiary/aromatic N) is 1. The fourth-order valence-electron chi connectivity index (χ4n) is 0.302. The summed E-state index contributed by atoms with van der Waals surface area (Å²) in [5.74, 6) is -0.590. The van der Waals surface area contributed by atoms with Crippen molar-refractivity contribution in [1.29, 1.82) is 0 Å². The fraction of sp³-hybridized carbons (Fsp3) is 0.714. The monoisotopic (exact) mass is 191 g/mol. The van der Waals surface area contributed by atoms with Gasteiger partial charge in [-0.15, -0.1) is 0 Å². The molecule has 0 rings (SSSR count). The quantitative estimate of drug-likeness (QED) is 0.476. The molecule has 12 heavy (non-hydrogen) atoms. The van der Waals surface area contributed by atoms with Crippen LogP contribution in [0.3, 0.4) is 0 Å². The second-order valence-electron chi connectivity index (χ2n) is 3.12. The molecule has 0 saturated heterocycles. The van der Waals surface area contributed by atoms with Crippen molar-refractivity contribution in [1.82, 2.24) is 0 Å². The van der Waals surface area contributed by atoms with Crippen molar-refractivity contribution in [2.24, 2.45) is 4.40 Å². The van der Waals surface area contributed by atoms with Crippen LogP contribution in [-0.2, 0) is 20.5 Å². The summed E-state index contributed by atoms with van der Waals surface area (Å²) in [5.41, 5.74) is 0. The molecule has 0 saturated carbocycles. The summed E-state index contributed by atoms with van der Waals surface area (Å²) < 4.78 is 18.6. The van der Waals surface area contributed by atoms with Crippen LogP contribution < -0.4 is 0 Å². The lowest BCUT2D eigenvalue weighted by atomic mass is 10.3. The zero-order chi connectivity index (χ0) is 9.78. The Hall–Kier alpha value is -0.710. The van der Waals surface area contributed by atoms with Crippen LogP contribution in [-0.4, -0.2) is 28.2 Å². The van der Waals surface area contributed by atoms with Crippen molar-refractivity contribution in [2.45, 2.75) is 25.5 Å². The molecule has 0 N–H and O–H groups in total. The van der Waals surface area contributed by atoms with E-state index in [1.54, 1.807) is 20.8 Å². The average molecular weight is 191 g/mol. The number of carbonyl (C=O) groups is 1. The molecule has 4 nitrogen and oxygen atoms in total. The fourth-order valence-corrected chi connectivity index (χ4v) is 0.800. The molecular weight excluding hydrogens is 178 g/mol. The van der Waals surface area contributed by atoms with Gasteiger partial charge in [-0.25, -0.2) is 9.00 Å². The number of esters is 1. The molecule has 0 fully saturated rings. The van der Waals surface area contributed by atoms with Crippen molar-refractivity contribution in [2.75, 3.05) is 7.11 Å². The van der Waals surface area contributed by atoms with Gasteiger partial charge < -0.3 is 4.74 Å². The Balaban J connectivity index is 4.19. The van der Waals surface area contributed by atoms with E-state index in [0.717, 1.165) is 6.21 Å². The summed E-state index contributed by atoms with van der Waals surface area (Å²) in [4.78, 5) is 10.5. The maximum Gasteiger partial charge on any atom is 0.349 e. The lowest BCUT2D eigenvalue weighted by molar-refractivity contribution is -0.132. The number of carbonyl (C=O) groups excluding carboxylic acids is 1. The SMILES string of the molecule is COC(=O)C=N[S@](=O)C(C)(C)C. The van der Waals surface area contributed by atoms with E-state index >= 15 is 0 Å². The maximum absolute atomic E-state index is 11.2. The highest BCUT2D eigenvalue weighted by atomic mass is 32.2. The Morgan fingerprint density at radius 1 is 1.50 bits per heavy atom. The summed E-state index contributed by atoms with van der Waals surface area (Å²) in [6.07, 6.45) is 0.932. The maximum atomic E-state index is 11.2. The second-order valence-corrected chi connectivity index (χ2v) is 5.05. The van der Waals surface area contributed by atoms with Gasteiger partial charge in [-0.1, -0.05) is 0 Å². The topological polar surface area (TPSA) is 55.7 Å². The third-order valence-corrected chi connectivity index (χ3v) is 2.32. The standard InChI is InChI=1S/C7H13NO3S/c1-7(2,3)12(10)8-5-6(9)11-4/h5H,1-4H3/t12-/m1/s1. The molecule has 0 amide bonds. The Bertz CT molecular complexity index is 217. The van der Waals surface area contributed by atoms with Gasteiger partial charge in [0.2, 0.25) is 0 Å². The van der Waals surface area contributed by atoms with E-state index in [1.165, 1.54) is 7.11 Å². The number of hydrogen-bond donors (Lipinski definition) is 0. The zero-order valence-corrected chi connectivity index (χ0v) is 8.47. The molecule has 0 aliphatic carbocycles. The molecule has 0 bridgehead atoms. The van der Waals surface area contributed by atoms with E-state index in [-0.39, 0.29) is 0 Å². The summed E-state index contributed by atoms with van der Waals surface area (Å²) >= 11 is 0. The molecule has 1 atom stereocenters. The van der Waals surface area contributed by atoms with E-state index in [2.05, 4.69) is 9.13 Å². The first-order valence-electron chi connectivity index (χ1n) is 3.42. The first-order valence-corrected chi connectivity index (χ1v) is 4.52. The van der Waals surface area contributed by atoms with E-state index in [0.29, 0.717) is 0 Å². The molecule has 70 valence electrons. The molecule has 0 aliphatic heterocycles. The Kier molecular flexibility index (Phi) is 4.09. The average Bonchev–Trinajstić information content (AvgIpc) is 1.97. The van der Waals surface area contributed by atoms with Gasteiger partial charge in [-0.2, -0.15) is 4.40 Å². The first-order chi connectivity index (χ1) is 5.38. The lowest BCUT2D eigenvalue weighted by Gasteiger charge is -2.12. The largest absolute Gasteiger partial charge is 0.465 e. The van der Waals surface area contributed by atoms with Gasteiger partial charge in [0.25, 0.3) is 0 Å². The summed E-state index contributed by atoms with van der Waals surface area (Å²) in [6, 6.07) is 0. The van der Waals surface area contributed by atoms with Crippen LogP contribution in [0.25, 0.3) is 0 Å². The highest BCUT2D eigenvalue weighted by molar-refractivity contribution is 7.85. The van der Waals surface area contributed by atoms with E-state index in [4.69, 9.17) is 0 Å². The van der Waals surface area contributed by atoms with Crippen LogP contribution in [0.1, 0.15) is 20.8 Å². The van der Waals surface area contributed by atoms with E-state index < -0.39 is 21.7 Å². The van der Waals surface area contributed by atoms with Crippen molar-refractivity contribution in [3.8, 4) is 0 Å². The highest BCUT2D eigenvalue weighted by Crippen LogP contribution is 2.11. The summed E-state index contributed by atoms with van der Waals surface area (Å²) in [5, 5.41) is 0. The molecule has 0 aromatic rings. The third-order valence-electron chi connectivity index (χ3n) is 0.979. The Morgan fingerprint density at radius 2 is 2.00 bits per heavy atom. The molecule has 0 spiro atoms. The smallest absolute Gasteiger partial charge is 0.349 e. The molecule has 0 aliphatic rings. The van der Waals surface area contributed by atoms with Crippen LogP contribution in [0.5, 0.6) is 0 Å². The van der Waals surface area contributed by atoms with Crippen LogP contribution in [0.4, 0.5) is 0 Å². The number of ether oxygens (including phenoxy) is 1. The van der Waals surface area contributed by atoms with Gasteiger partial charge in [-0.05, 0) is 20.8 Å². The Labute approximate surface area is 74.6 Å². The Morgan fingerprint density at radius 3 is 2.33 bits per heavy atom. The molecule has 0 aromatic carbocycles. The van der Waals surface area contributed by atoms with E-state index in [9.17, 15) is 9.00 Å². The van der Waals surface area contributed by atoms with Crippen molar-refractivity contribution >= 4 is 23.2 Å². The van der Waals surface area contributed by atoms with Crippen LogP contribution in [0.15, 0.2) is 4.40 Å². The van der Waals surface area contributed by atoms with Crippen LogP contribution in [0, 0.1) is 0 Å². The van der Waals surface area contributed by atoms with E-state index in [1.807, 2.05) is 0 Å². The summed E-state index contributed by atoms with van der Waals surface area (Å²) in [7, 11) is -0.146. The van der Waals surface area contributed by atoms with Gasteiger partial charge in [0.15, 0.2) is 0 Å². The molecular formula is C7H13NO3S. The van der Waals surface area contributed by atoms with Gasteiger partial charge >= 0.3 is 5.97 Å². The predicted octanol–water partition coefficient (Wildman–Crippen LogP) is 0.692. The summed E-state index contributed by atoms with van der Waals surface area (Å²) in [6.45, 7) is 5.33. The highest BCUT2D eigenvalue weighted by Gasteiger charge is 2.18. The molecule has 0 heterocycles.